The van der Waals surface area contributed by atoms with Crippen molar-refractivity contribution in [1.82, 2.24) is 24.8 Å². The van der Waals surface area contributed by atoms with Crippen molar-refractivity contribution in [1.29, 1.82) is 0 Å². The van der Waals surface area contributed by atoms with E-state index in [2.05, 4.69) is 10.3 Å². The average Bonchev–Trinajstić information content (AvgIpc) is 3.32. The standard InChI is InChI=1S/C25H27N5O4/c1-2-33-20-10-8-19(9-11-20)24(31)28-12-14-29(15-13-28)25(32)23-21-17-34-22(16-30(21)27-26-23)18-6-4-3-5-7-18/h3-11,22H,2,12-17H2,1H3/t22-/m0/s1. The van der Waals surface area contributed by atoms with Gasteiger partial charge in [-0.05, 0) is 36.8 Å². The maximum absolute atomic E-state index is 13.2. The average molecular weight is 462 g/mol. The Kier molecular flexibility index (Phi) is 6.27. The van der Waals surface area contributed by atoms with Crippen molar-refractivity contribution in [3.05, 3.63) is 77.1 Å². The van der Waals surface area contributed by atoms with Gasteiger partial charge in [0, 0.05) is 31.7 Å². The van der Waals surface area contributed by atoms with Crippen LogP contribution in [0.4, 0.5) is 0 Å². The predicted molar refractivity (Wildman–Crippen MR) is 123 cm³/mol. The third-order valence-electron chi connectivity index (χ3n) is 6.24. The molecule has 0 bridgehead atoms. The van der Waals surface area contributed by atoms with Crippen LogP contribution in [0.15, 0.2) is 54.6 Å². The van der Waals surface area contributed by atoms with E-state index in [1.54, 1.807) is 38.7 Å². The van der Waals surface area contributed by atoms with E-state index in [1.807, 2.05) is 37.3 Å². The minimum atomic E-state index is -0.170. The highest BCUT2D eigenvalue weighted by Gasteiger charge is 2.32. The highest BCUT2D eigenvalue weighted by Crippen LogP contribution is 2.27. The van der Waals surface area contributed by atoms with Gasteiger partial charge in [0.05, 0.1) is 25.5 Å². The summed E-state index contributed by atoms with van der Waals surface area (Å²) in [5.74, 6) is 0.526. The van der Waals surface area contributed by atoms with E-state index < -0.39 is 0 Å². The Hall–Kier alpha value is -3.72. The number of hydrogen-bond donors (Lipinski definition) is 0. The van der Waals surface area contributed by atoms with Crippen LogP contribution >= 0.6 is 0 Å². The van der Waals surface area contributed by atoms with E-state index >= 15 is 0 Å². The van der Waals surface area contributed by atoms with E-state index in [0.717, 1.165) is 11.3 Å². The second-order valence-corrected chi connectivity index (χ2v) is 8.32. The molecule has 3 heterocycles. The van der Waals surface area contributed by atoms with Gasteiger partial charge in [-0.15, -0.1) is 5.10 Å². The van der Waals surface area contributed by atoms with E-state index in [-0.39, 0.29) is 24.5 Å². The minimum Gasteiger partial charge on any atom is -0.494 e. The number of hydrogen-bond acceptors (Lipinski definition) is 6. The van der Waals surface area contributed by atoms with E-state index in [9.17, 15) is 9.59 Å². The zero-order valence-corrected chi connectivity index (χ0v) is 19.1. The molecule has 0 aliphatic carbocycles. The molecule has 0 saturated carbocycles. The lowest BCUT2D eigenvalue weighted by Gasteiger charge is -2.34. The third-order valence-corrected chi connectivity index (χ3v) is 6.24. The normalized spacial score (nSPS) is 17.9. The second-order valence-electron chi connectivity index (χ2n) is 8.32. The fourth-order valence-corrected chi connectivity index (χ4v) is 4.35. The summed E-state index contributed by atoms with van der Waals surface area (Å²) in [4.78, 5) is 29.5. The van der Waals surface area contributed by atoms with Gasteiger partial charge in [0.25, 0.3) is 11.8 Å². The lowest BCUT2D eigenvalue weighted by molar-refractivity contribution is -0.00202. The number of carbonyl (C=O) groups is 2. The van der Waals surface area contributed by atoms with Crippen molar-refractivity contribution < 1.29 is 19.1 Å². The van der Waals surface area contributed by atoms with Crippen LogP contribution in [-0.2, 0) is 17.9 Å². The van der Waals surface area contributed by atoms with Crippen LogP contribution in [0.1, 0.15) is 45.1 Å². The lowest BCUT2D eigenvalue weighted by atomic mass is 10.1. The monoisotopic (exact) mass is 461 g/mol. The summed E-state index contributed by atoms with van der Waals surface area (Å²) in [5, 5.41) is 8.39. The molecule has 34 heavy (non-hydrogen) atoms. The van der Waals surface area contributed by atoms with Crippen molar-refractivity contribution >= 4 is 11.8 Å². The van der Waals surface area contributed by atoms with Gasteiger partial charge in [0.15, 0.2) is 5.69 Å². The summed E-state index contributed by atoms with van der Waals surface area (Å²) < 4.78 is 13.2. The fraction of sp³-hybridized carbons (Fsp3) is 0.360. The molecule has 5 rings (SSSR count). The minimum absolute atomic E-state index is 0.0449. The van der Waals surface area contributed by atoms with Gasteiger partial charge in [-0.1, -0.05) is 35.5 Å². The van der Waals surface area contributed by atoms with Crippen molar-refractivity contribution in [3.63, 3.8) is 0 Å². The van der Waals surface area contributed by atoms with Crippen molar-refractivity contribution in [2.45, 2.75) is 26.2 Å². The van der Waals surface area contributed by atoms with Crippen LogP contribution in [0.25, 0.3) is 0 Å². The molecule has 0 unspecified atom stereocenters. The number of ether oxygens (including phenoxy) is 2. The first-order valence-corrected chi connectivity index (χ1v) is 11.5. The molecule has 176 valence electrons. The number of aromatic nitrogens is 3. The molecule has 2 aliphatic heterocycles. The Bertz CT molecular complexity index is 1150. The van der Waals surface area contributed by atoms with Gasteiger partial charge in [0.1, 0.15) is 11.9 Å². The third kappa shape index (κ3) is 4.38. The molecule has 2 aromatic carbocycles. The number of amides is 2. The Morgan fingerprint density at radius 3 is 2.32 bits per heavy atom. The molecule has 1 fully saturated rings. The SMILES string of the molecule is CCOc1ccc(C(=O)N2CCN(C(=O)c3nnn4c3CO[C@H](c3ccccc3)C4)CC2)cc1. The smallest absolute Gasteiger partial charge is 0.276 e. The van der Waals surface area contributed by atoms with Crippen LogP contribution in [-0.4, -0.2) is 69.4 Å². The molecule has 2 amide bonds. The number of carbonyl (C=O) groups excluding carboxylic acids is 2. The van der Waals surface area contributed by atoms with E-state index in [0.29, 0.717) is 56.3 Å². The summed E-state index contributed by atoms with van der Waals surface area (Å²) in [7, 11) is 0. The maximum Gasteiger partial charge on any atom is 0.276 e. The Labute approximate surface area is 197 Å². The Morgan fingerprint density at radius 1 is 0.971 bits per heavy atom. The summed E-state index contributed by atoms with van der Waals surface area (Å²) in [6, 6.07) is 17.1. The molecular weight excluding hydrogens is 434 g/mol. The number of nitrogens with zero attached hydrogens (tertiary/aromatic N) is 5. The molecule has 0 radical (unpaired) electrons. The number of rotatable bonds is 5. The maximum atomic E-state index is 13.2. The van der Waals surface area contributed by atoms with Crippen molar-refractivity contribution in [2.24, 2.45) is 0 Å². The Balaban J connectivity index is 1.20. The van der Waals surface area contributed by atoms with Gasteiger partial charge in [-0.25, -0.2) is 4.68 Å². The van der Waals surface area contributed by atoms with E-state index in [4.69, 9.17) is 9.47 Å². The predicted octanol–water partition coefficient (Wildman–Crippen LogP) is 2.55. The molecule has 1 saturated heterocycles. The highest BCUT2D eigenvalue weighted by atomic mass is 16.5. The van der Waals surface area contributed by atoms with Gasteiger partial charge < -0.3 is 19.3 Å². The van der Waals surface area contributed by atoms with Gasteiger partial charge >= 0.3 is 0 Å². The first-order chi connectivity index (χ1) is 16.6. The number of piperazine rings is 1. The lowest BCUT2D eigenvalue weighted by Crippen LogP contribution is -2.50. The van der Waals surface area contributed by atoms with Crippen LogP contribution in [0, 0.1) is 0 Å². The first kappa shape index (κ1) is 22.1. The van der Waals surface area contributed by atoms with Crippen LogP contribution in [0.3, 0.4) is 0 Å². The topological polar surface area (TPSA) is 89.8 Å². The summed E-state index contributed by atoms with van der Waals surface area (Å²) in [6.07, 6.45) is -0.115. The molecule has 1 atom stereocenters. The fourth-order valence-electron chi connectivity index (χ4n) is 4.35. The molecule has 2 aliphatic rings. The number of fused-ring (bicyclic) bond motifs is 1. The second kappa shape index (κ2) is 9.64. The highest BCUT2D eigenvalue weighted by molar-refractivity contribution is 5.95. The van der Waals surface area contributed by atoms with Crippen LogP contribution < -0.4 is 4.74 Å². The van der Waals surface area contributed by atoms with Crippen LogP contribution in [0.5, 0.6) is 5.75 Å². The van der Waals surface area contributed by atoms with E-state index in [1.165, 1.54) is 0 Å². The summed E-state index contributed by atoms with van der Waals surface area (Å²) in [5.41, 5.74) is 2.72. The molecule has 0 spiro atoms. The molecule has 9 heteroatoms. The van der Waals surface area contributed by atoms with Gasteiger partial charge in [-0.3, -0.25) is 9.59 Å². The van der Waals surface area contributed by atoms with Crippen molar-refractivity contribution in [3.8, 4) is 5.75 Å². The summed E-state index contributed by atoms with van der Waals surface area (Å²) in [6.45, 7) is 5.13. The van der Waals surface area contributed by atoms with Gasteiger partial charge in [-0.2, -0.15) is 0 Å². The zero-order valence-electron chi connectivity index (χ0n) is 19.1. The first-order valence-electron chi connectivity index (χ1n) is 11.5. The molecule has 3 aromatic rings. The van der Waals surface area contributed by atoms with Crippen molar-refractivity contribution in [2.75, 3.05) is 32.8 Å². The molecular formula is C25H27N5O4. The zero-order chi connectivity index (χ0) is 23.5. The quantitative estimate of drug-likeness (QED) is 0.580. The Morgan fingerprint density at radius 2 is 1.65 bits per heavy atom. The molecule has 1 aromatic heterocycles. The largest absolute Gasteiger partial charge is 0.494 e. The molecule has 0 N–H and O–H groups in total. The van der Waals surface area contributed by atoms with Gasteiger partial charge in [0.2, 0.25) is 0 Å². The molecule has 9 nitrogen and oxygen atoms in total. The van der Waals surface area contributed by atoms with Crippen LogP contribution in [0.2, 0.25) is 0 Å². The summed E-state index contributed by atoms with van der Waals surface area (Å²) >= 11 is 0. The number of benzene rings is 2.